The van der Waals surface area contributed by atoms with E-state index in [1.54, 1.807) is 24.3 Å². The Morgan fingerprint density at radius 3 is 2.60 bits per heavy atom. The summed E-state index contributed by atoms with van der Waals surface area (Å²) in [7, 11) is 0. The van der Waals surface area contributed by atoms with Gasteiger partial charge in [-0.25, -0.2) is 0 Å². The van der Waals surface area contributed by atoms with Crippen LogP contribution in [0.25, 0.3) is 0 Å². The van der Waals surface area contributed by atoms with Crippen LogP contribution in [0.2, 0.25) is 0 Å². The number of anilines is 1. The molecule has 0 aliphatic carbocycles. The van der Waals surface area contributed by atoms with Gasteiger partial charge in [0.25, 0.3) is 5.91 Å². The van der Waals surface area contributed by atoms with Crippen LogP contribution in [-0.2, 0) is 4.79 Å². The minimum atomic E-state index is -0.0956. The predicted octanol–water partition coefficient (Wildman–Crippen LogP) is 3.20. The predicted molar refractivity (Wildman–Crippen MR) is 81.8 cm³/mol. The summed E-state index contributed by atoms with van der Waals surface area (Å²) in [6.07, 6.45) is 3.24. The van der Waals surface area contributed by atoms with Gasteiger partial charge in [-0.15, -0.1) is 0 Å². The van der Waals surface area contributed by atoms with Crippen molar-refractivity contribution in [1.29, 1.82) is 0 Å². The quantitative estimate of drug-likeness (QED) is 0.751. The number of carbonyl (C=O) groups excluding carboxylic acids is 2. The normalized spacial score (nSPS) is 10.4. The van der Waals surface area contributed by atoms with E-state index in [9.17, 15) is 9.59 Å². The van der Waals surface area contributed by atoms with E-state index in [2.05, 4.69) is 17.6 Å². The van der Waals surface area contributed by atoms with Crippen LogP contribution in [0.1, 0.15) is 50.4 Å². The summed E-state index contributed by atoms with van der Waals surface area (Å²) in [6.45, 7) is 6.48. The van der Waals surface area contributed by atoms with Crippen LogP contribution >= 0.6 is 0 Å². The Kier molecular flexibility index (Phi) is 6.77. The Balaban J connectivity index is 2.58. The lowest BCUT2D eigenvalue weighted by Gasteiger charge is -2.09. The Morgan fingerprint density at radius 2 is 1.95 bits per heavy atom. The van der Waals surface area contributed by atoms with Gasteiger partial charge < -0.3 is 10.6 Å². The maximum absolute atomic E-state index is 12.0. The lowest BCUT2D eigenvalue weighted by molar-refractivity contribution is -0.118. The first-order chi connectivity index (χ1) is 9.54. The molecule has 1 rings (SSSR count). The van der Waals surface area contributed by atoms with Crippen LogP contribution in [0.3, 0.4) is 0 Å². The standard InChI is InChI=1S/C16H24N2O2/c1-4-5-6-10-17-16(20)13-8-7-9-14(11-13)18-15(19)12(2)3/h7-9,11-12H,4-6,10H2,1-3H3,(H,17,20)(H,18,19). The zero-order valence-electron chi connectivity index (χ0n) is 12.5. The average Bonchev–Trinajstić information content (AvgIpc) is 2.43. The van der Waals surface area contributed by atoms with Crippen molar-refractivity contribution in [3.8, 4) is 0 Å². The maximum Gasteiger partial charge on any atom is 0.251 e. The average molecular weight is 276 g/mol. The summed E-state index contributed by atoms with van der Waals surface area (Å²) in [4.78, 5) is 23.6. The fraction of sp³-hybridized carbons (Fsp3) is 0.500. The molecule has 2 N–H and O–H groups in total. The van der Waals surface area contributed by atoms with E-state index in [0.717, 1.165) is 19.3 Å². The Morgan fingerprint density at radius 1 is 1.20 bits per heavy atom. The molecule has 0 saturated heterocycles. The van der Waals surface area contributed by atoms with Crippen LogP contribution < -0.4 is 10.6 Å². The number of unbranched alkanes of at least 4 members (excludes halogenated alkanes) is 2. The van der Waals surface area contributed by atoms with Crippen LogP contribution in [0.5, 0.6) is 0 Å². The molecule has 110 valence electrons. The molecule has 0 aliphatic rings. The fourth-order valence-electron chi connectivity index (χ4n) is 1.70. The highest BCUT2D eigenvalue weighted by atomic mass is 16.2. The van der Waals surface area contributed by atoms with Gasteiger partial charge in [0.1, 0.15) is 0 Å². The van der Waals surface area contributed by atoms with Gasteiger partial charge in [-0.05, 0) is 24.6 Å². The van der Waals surface area contributed by atoms with Gasteiger partial charge in [0.15, 0.2) is 0 Å². The Labute approximate surface area is 121 Å². The van der Waals surface area contributed by atoms with Crippen molar-refractivity contribution >= 4 is 17.5 Å². The molecule has 0 spiro atoms. The van der Waals surface area contributed by atoms with Gasteiger partial charge in [0.2, 0.25) is 5.91 Å². The summed E-state index contributed by atoms with van der Waals surface area (Å²) in [6, 6.07) is 7.01. The highest BCUT2D eigenvalue weighted by Gasteiger charge is 2.09. The van der Waals surface area contributed by atoms with E-state index in [4.69, 9.17) is 0 Å². The van der Waals surface area contributed by atoms with Gasteiger partial charge in [0.05, 0.1) is 0 Å². The Hall–Kier alpha value is -1.84. The van der Waals surface area contributed by atoms with E-state index >= 15 is 0 Å². The molecule has 0 aliphatic heterocycles. The van der Waals surface area contributed by atoms with Gasteiger partial charge in [-0.1, -0.05) is 39.7 Å². The number of benzene rings is 1. The third-order valence-electron chi connectivity index (χ3n) is 2.98. The molecular weight excluding hydrogens is 252 g/mol. The minimum Gasteiger partial charge on any atom is -0.352 e. The molecule has 0 radical (unpaired) electrons. The first-order valence-corrected chi connectivity index (χ1v) is 7.23. The molecule has 0 fully saturated rings. The summed E-state index contributed by atoms with van der Waals surface area (Å²) in [5.41, 5.74) is 1.23. The molecule has 4 nitrogen and oxygen atoms in total. The van der Waals surface area contributed by atoms with Gasteiger partial charge in [-0.2, -0.15) is 0 Å². The summed E-state index contributed by atoms with van der Waals surface area (Å²) < 4.78 is 0. The molecule has 0 aromatic heterocycles. The molecule has 0 unspecified atom stereocenters. The third kappa shape index (κ3) is 5.43. The van der Waals surface area contributed by atoms with Crippen molar-refractivity contribution in [2.24, 2.45) is 5.92 Å². The summed E-state index contributed by atoms with van der Waals surface area (Å²) in [5.74, 6) is -0.228. The summed E-state index contributed by atoms with van der Waals surface area (Å²) in [5, 5.41) is 5.68. The van der Waals surface area contributed by atoms with E-state index < -0.39 is 0 Å². The second kappa shape index (κ2) is 8.35. The first-order valence-electron chi connectivity index (χ1n) is 7.23. The molecule has 0 heterocycles. The van der Waals surface area contributed by atoms with Crippen LogP contribution in [-0.4, -0.2) is 18.4 Å². The molecule has 1 aromatic carbocycles. The van der Waals surface area contributed by atoms with Gasteiger partial charge in [-0.3, -0.25) is 9.59 Å². The molecule has 1 aromatic rings. The number of amides is 2. The summed E-state index contributed by atoms with van der Waals surface area (Å²) >= 11 is 0. The van der Waals surface area contributed by atoms with E-state index in [-0.39, 0.29) is 17.7 Å². The molecule has 0 atom stereocenters. The maximum atomic E-state index is 12.0. The van der Waals surface area contributed by atoms with Crippen molar-refractivity contribution in [3.63, 3.8) is 0 Å². The molecule has 2 amide bonds. The second-order valence-corrected chi connectivity index (χ2v) is 5.19. The van der Waals surface area contributed by atoms with E-state index in [1.165, 1.54) is 0 Å². The van der Waals surface area contributed by atoms with Crippen LogP contribution in [0, 0.1) is 5.92 Å². The number of nitrogens with one attached hydrogen (secondary N) is 2. The zero-order chi connectivity index (χ0) is 15.0. The highest BCUT2D eigenvalue weighted by molar-refractivity contribution is 5.97. The molecule has 20 heavy (non-hydrogen) atoms. The number of hydrogen-bond donors (Lipinski definition) is 2. The van der Waals surface area contributed by atoms with Gasteiger partial charge >= 0.3 is 0 Å². The minimum absolute atomic E-state index is 0.0505. The number of carbonyl (C=O) groups is 2. The van der Waals surface area contributed by atoms with Crippen molar-refractivity contribution in [2.75, 3.05) is 11.9 Å². The van der Waals surface area contributed by atoms with Gasteiger partial charge in [0, 0.05) is 23.7 Å². The largest absolute Gasteiger partial charge is 0.352 e. The molecule has 0 saturated carbocycles. The van der Waals surface area contributed by atoms with Crippen molar-refractivity contribution in [1.82, 2.24) is 5.32 Å². The third-order valence-corrected chi connectivity index (χ3v) is 2.98. The zero-order valence-corrected chi connectivity index (χ0v) is 12.5. The van der Waals surface area contributed by atoms with Crippen molar-refractivity contribution in [2.45, 2.75) is 40.0 Å². The Bertz CT molecular complexity index is 456. The fourth-order valence-corrected chi connectivity index (χ4v) is 1.70. The topological polar surface area (TPSA) is 58.2 Å². The molecular formula is C16H24N2O2. The van der Waals surface area contributed by atoms with Crippen molar-refractivity contribution < 1.29 is 9.59 Å². The lowest BCUT2D eigenvalue weighted by Crippen LogP contribution is -2.24. The van der Waals surface area contributed by atoms with E-state index in [0.29, 0.717) is 17.8 Å². The molecule has 4 heteroatoms. The number of rotatable bonds is 7. The monoisotopic (exact) mass is 276 g/mol. The first kappa shape index (κ1) is 16.2. The van der Waals surface area contributed by atoms with Crippen LogP contribution in [0.15, 0.2) is 24.3 Å². The second-order valence-electron chi connectivity index (χ2n) is 5.19. The highest BCUT2D eigenvalue weighted by Crippen LogP contribution is 2.12. The lowest BCUT2D eigenvalue weighted by atomic mass is 10.1. The van der Waals surface area contributed by atoms with E-state index in [1.807, 2.05) is 13.8 Å². The smallest absolute Gasteiger partial charge is 0.251 e. The number of hydrogen-bond acceptors (Lipinski definition) is 2. The van der Waals surface area contributed by atoms with Crippen molar-refractivity contribution in [3.05, 3.63) is 29.8 Å². The van der Waals surface area contributed by atoms with Crippen LogP contribution in [0.4, 0.5) is 5.69 Å². The SMILES string of the molecule is CCCCCNC(=O)c1cccc(NC(=O)C(C)C)c1. The molecule has 0 bridgehead atoms.